The number of benzene rings is 1. The van der Waals surface area contributed by atoms with E-state index in [2.05, 4.69) is 4.98 Å². The van der Waals surface area contributed by atoms with E-state index in [1.54, 1.807) is 17.2 Å². The fourth-order valence-electron chi connectivity index (χ4n) is 2.02. The molecule has 0 atom stereocenters. The molecule has 1 aromatic carbocycles. The Labute approximate surface area is 110 Å². The van der Waals surface area contributed by atoms with Crippen LogP contribution in [0, 0.1) is 11.6 Å². The molecule has 3 nitrogen and oxygen atoms in total. The fourth-order valence-corrected chi connectivity index (χ4v) is 2.02. The van der Waals surface area contributed by atoms with Crippen molar-refractivity contribution in [3.05, 3.63) is 47.7 Å². The van der Waals surface area contributed by atoms with E-state index < -0.39 is 11.6 Å². The van der Waals surface area contributed by atoms with Crippen molar-refractivity contribution >= 4 is 5.82 Å². The molecule has 0 radical (unpaired) electrons. The maximum Gasteiger partial charge on any atom is 0.133 e. The molecule has 2 rings (SSSR count). The van der Waals surface area contributed by atoms with Crippen LogP contribution in [0.3, 0.4) is 0 Å². The number of aromatic nitrogens is 1. The van der Waals surface area contributed by atoms with Gasteiger partial charge in [0, 0.05) is 38.0 Å². The first-order valence-electron chi connectivity index (χ1n) is 5.85. The van der Waals surface area contributed by atoms with E-state index in [1.165, 1.54) is 6.07 Å². The van der Waals surface area contributed by atoms with Crippen molar-refractivity contribution in [2.45, 2.75) is 6.54 Å². The largest absolute Gasteiger partial charge is 0.362 e. The van der Waals surface area contributed by atoms with E-state index in [-0.39, 0.29) is 12.1 Å². The zero-order valence-electron chi connectivity index (χ0n) is 10.8. The van der Waals surface area contributed by atoms with Gasteiger partial charge >= 0.3 is 0 Å². The van der Waals surface area contributed by atoms with Crippen LogP contribution in [0.5, 0.6) is 0 Å². The van der Waals surface area contributed by atoms with Crippen molar-refractivity contribution in [3.8, 4) is 11.1 Å². The van der Waals surface area contributed by atoms with Crippen LogP contribution in [-0.2, 0) is 6.54 Å². The summed E-state index contributed by atoms with van der Waals surface area (Å²) in [5.41, 5.74) is 7.19. The van der Waals surface area contributed by atoms with Gasteiger partial charge in [0.1, 0.15) is 17.5 Å². The Kier molecular flexibility index (Phi) is 3.76. The molecule has 2 N–H and O–H groups in total. The van der Waals surface area contributed by atoms with Gasteiger partial charge in [-0.3, -0.25) is 0 Å². The Balaban J connectivity index is 2.68. The molecule has 1 heterocycles. The summed E-state index contributed by atoms with van der Waals surface area (Å²) >= 11 is 0. The Morgan fingerprint density at radius 1 is 1.16 bits per heavy atom. The molecule has 0 amide bonds. The minimum Gasteiger partial charge on any atom is -0.362 e. The highest BCUT2D eigenvalue weighted by Crippen LogP contribution is 2.30. The Morgan fingerprint density at radius 2 is 1.89 bits per heavy atom. The second-order valence-corrected chi connectivity index (χ2v) is 4.38. The van der Waals surface area contributed by atoms with Gasteiger partial charge in [-0.15, -0.1) is 0 Å². The van der Waals surface area contributed by atoms with Crippen LogP contribution in [0.25, 0.3) is 11.1 Å². The number of nitrogens with two attached hydrogens (primary N) is 1. The molecule has 0 unspecified atom stereocenters. The molecule has 0 fully saturated rings. The lowest BCUT2D eigenvalue weighted by Gasteiger charge is -2.18. The predicted molar refractivity (Wildman–Crippen MR) is 71.8 cm³/mol. The second kappa shape index (κ2) is 5.32. The van der Waals surface area contributed by atoms with Gasteiger partial charge in [-0.2, -0.15) is 0 Å². The van der Waals surface area contributed by atoms with Crippen molar-refractivity contribution in [1.82, 2.24) is 4.98 Å². The summed E-state index contributed by atoms with van der Waals surface area (Å²) in [4.78, 5) is 6.01. The highest BCUT2D eigenvalue weighted by Gasteiger charge is 2.15. The van der Waals surface area contributed by atoms with E-state index in [0.717, 1.165) is 12.1 Å². The molecular formula is C14H15F2N3. The van der Waals surface area contributed by atoms with Crippen LogP contribution in [0.1, 0.15) is 5.56 Å². The molecule has 1 aromatic heterocycles. The average molecular weight is 263 g/mol. The topological polar surface area (TPSA) is 42.2 Å². The summed E-state index contributed by atoms with van der Waals surface area (Å²) in [6.07, 6.45) is 1.56. The zero-order valence-corrected chi connectivity index (χ0v) is 10.8. The molecule has 0 aliphatic rings. The fraction of sp³-hybridized carbons (Fsp3) is 0.214. The molecule has 0 aliphatic carbocycles. The van der Waals surface area contributed by atoms with E-state index in [9.17, 15) is 8.78 Å². The van der Waals surface area contributed by atoms with Gasteiger partial charge in [-0.1, -0.05) is 0 Å². The molecule has 0 aliphatic heterocycles. The van der Waals surface area contributed by atoms with E-state index in [0.29, 0.717) is 16.9 Å². The highest BCUT2D eigenvalue weighted by molar-refractivity contribution is 5.72. The first kappa shape index (κ1) is 13.4. The van der Waals surface area contributed by atoms with Crippen LogP contribution >= 0.6 is 0 Å². The predicted octanol–water partition coefficient (Wildman–Crippen LogP) is 2.55. The van der Waals surface area contributed by atoms with Crippen LogP contribution in [0.15, 0.2) is 30.5 Å². The molecular weight excluding hydrogens is 248 g/mol. The number of nitrogens with zero attached hydrogens (tertiary/aromatic N) is 2. The lowest BCUT2D eigenvalue weighted by molar-refractivity contribution is 0.603. The molecule has 0 spiro atoms. The van der Waals surface area contributed by atoms with Crippen LogP contribution < -0.4 is 10.6 Å². The van der Waals surface area contributed by atoms with Crippen molar-refractivity contribution in [2.75, 3.05) is 19.0 Å². The molecule has 5 heteroatoms. The molecule has 100 valence electrons. The third-order valence-electron chi connectivity index (χ3n) is 2.88. The lowest BCUT2D eigenvalue weighted by atomic mass is 10.00. The third kappa shape index (κ3) is 2.56. The smallest absolute Gasteiger partial charge is 0.133 e. The zero-order chi connectivity index (χ0) is 14.0. The van der Waals surface area contributed by atoms with Crippen molar-refractivity contribution < 1.29 is 8.78 Å². The molecule has 2 aromatic rings. The van der Waals surface area contributed by atoms with Crippen LogP contribution in [0.4, 0.5) is 14.6 Å². The molecule has 0 saturated heterocycles. The first-order chi connectivity index (χ1) is 9.04. The third-order valence-corrected chi connectivity index (χ3v) is 2.88. The summed E-state index contributed by atoms with van der Waals surface area (Å²) in [5, 5.41) is 0. The molecule has 0 saturated carbocycles. The van der Waals surface area contributed by atoms with Crippen molar-refractivity contribution in [2.24, 2.45) is 5.73 Å². The maximum absolute atomic E-state index is 13.9. The van der Waals surface area contributed by atoms with Crippen LogP contribution in [-0.4, -0.2) is 19.1 Å². The van der Waals surface area contributed by atoms with Gasteiger partial charge in [0.25, 0.3) is 0 Å². The van der Waals surface area contributed by atoms with Gasteiger partial charge in [-0.25, -0.2) is 13.8 Å². The number of hydrogen-bond donors (Lipinski definition) is 1. The lowest BCUT2D eigenvalue weighted by Crippen LogP contribution is -2.15. The Bertz CT molecular complexity index is 597. The standard InChI is InChI=1S/C14H15F2N3/c1-19(2)14-12(8-17)10(5-6-18-14)11-7-9(15)3-4-13(11)16/h3-7H,8,17H2,1-2H3. The van der Waals surface area contributed by atoms with Gasteiger partial charge in [0.15, 0.2) is 0 Å². The van der Waals surface area contributed by atoms with Gasteiger partial charge in [-0.05, 0) is 29.8 Å². The van der Waals surface area contributed by atoms with E-state index in [4.69, 9.17) is 5.73 Å². The Hall–Kier alpha value is -2.01. The van der Waals surface area contributed by atoms with Crippen molar-refractivity contribution in [1.29, 1.82) is 0 Å². The number of halogens is 2. The van der Waals surface area contributed by atoms with Crippen molar-refractivity contribution in [3.63, 3.8) is 0 Å². The average Bonchev–Trinajstić information content (AvgIpc) is 2.40. The SMILES string of the molecule is CN(C)c1nccc(-c2cc(F)ccc2F)c1CN. The number of pyridine rings is 1. The van der Waals surface area contributed by atoms with E-state index >= 15 is 0 Å². The maximum atomic E-state index is 13.9. The number of rotatable bonds is 3. The van der Waals surface area contributed by atoms with Gasteiger partial charge in [0.2, 0.25) is 0 Å². The molecule has 19 heavy (non-hydrogen) atoms. The summed E-state index contributed by atoms with van der Waals surface area (Å²) in [5.74, 6) is -0.307. The monoisotopic (exact) mass is 263 g/mol. The summed E-state index contributed by atoms with van der Waals surface area (Å²) in [7, 11) is 3.65. The van der Waals surface area contributed by atoms with Crippen LogP contribution in [0.2, 0.25) is 0 Å². The number of anilines is 1. The summed E-state index contributed by atoms with van der Waals surface area (Å²) in [6.45, 7) is 0.201. The van der Waals surface area contributed by atoms with Gasteiger partial charge < -0.3 is 10.6 Å². The number of hydrogen-bond acceptors (Lipinski definition) is 3. The second-order valence-electron chi connectivity index (χ2n) is 4.38. The highest BCUT2D eigenvalue weighted by atomic mass is 19.1. The Morgan fingerprint density at radius 3 is 2.53 bits per heavy atom. The van der Waals surface area contributed by atoms with E-state index in [1.807, 2.05) is 14.1 Å². The summed E-state index contributed by atoms with van der Waals surface area (Å²) < 4.78 is 27.2. The summed E-state index contributed by atoms with van der Waals surface area (Å²) in [6, 6.07) is 5.02. The minimum absolute atomic E-state index is 0.200. The minimum atomic E-state index is -0.484. The quantitative estimate of drug-likeness (QED) is 0.925. The normalized spacial score (nSPS) is 10.6. The first-order valence-corrected chi connectivity index (χ1v) is 5.85. The van der Waals surface area contributed by atoms with Gasteiger partial charge in [0.05, 0.1) is 0 Å². The molecule has 0 bridgehead atoms.